The van der Waals surface area contributed by atoms with Gasteiger partial charge in [-0.05, 0) is 36.4 Å². The maximum atomic E-state index is 12.9. The van der Waals surface area contributed by atoms with Crippen LogP contribution in [0.1, 0.15) is 30.2 Å². The number of piperidine rings is 1. The van der Waals surface area contributed by atoms with Gasteiger partial charge in [0.1, 0.15) is 11.8 Å². The van der Waals surface area contributed by atoms with Gasteiger partial charge in [0.15, 0.2) is 0 Å². The van der Waals surface area contributed by atoms with Crippen molar-refractivity contribution in [2.45, 2.75) is 30.3 Å². The van der Waals surface area contributed by atoms with Crippen LogP contribution in [0.25, 0.3) is 0 Å². The molecule has 0 amide bonds. The first-order chi connectivity index (χ1) is 14.0. The van der Waals surface area contributed by atoms with Gasteiger partial charge in [-0.15, -0.1) is 11.3 Å². The highest BCUT2D eigenvalue weighted by atomic mass is 32.2. The zero-order valence-electron chi connectivity index (χ0n) is 15.9. The Kier molecular flexibility index (Phi) is 5.86. The molecule has 1 atom stereocenters. The summed E-state index contributed by atoms with van der Waals surface area (Å²) in [5.41, 5.74) is 0.243. The van der Waals surface area contributed by atoms with E-state index in [9.17, 15) is 18.5 Å². The van der Waals surface area contributed by atoms with Gasteiger partial charge < -0.3 is 9.64 Å². The number of nitrogens with zero attached hydrogens (tertiary/aromatic N) is 3. The highest BCUT2D eigenvalue weighted by molar-refractivity contribution is 7.89. The minimum absolute atomic E-state index is 0.0158. The second kappa shape index (κ2) is 8.39. The van der Waals surface area contributed by atoms with E-state index in [2.05, 4.69) is 0 Å². The summed E-state index contributed by atoms with van der Waals surface area (Å²) in [6.45, 7) is 2.38. The van der Waals surface area contributed by atoms with Crippen molar-refractivity contribution in [1.82, 2.24) is 4.31 Å². The third-order valence-electron chi connectivity index (χ3n) is 5.36. The van der Waals surface area contributed by atoms with E-state index in [4.69, 9.17) is 4.74 Å². The Morgan fingerprint density at radius 1 is 1.14 bits per heavy atom. The maximum absolute atomic E-state index is 12.9. The molecule has 2 aromatic rings. The van der Waals surface area contributed by atoms with E-state index in [0.29, 0.717) is 38.5 Å². The lowest BCUT2D eigenvalue weighted by Gasteiger charge is -2.34. The van der Waals surface area contributed by atoms with Gasteiger partial charge in [-0.3, -0.25) is 10.1 Å². The molecule has 0 radical (unpaired) electrons. The van der Waals surface area contributed by atoms with Gasteiger partial charge in [0, 0.05) is 37.1 Å². The van der Waals surface area contributed by atoms with Crippen LogP contribution in [0.4, 0.5) is 11.4 Å². The largest absolute Gasteiger partial charge is 0.369 e. The van der Waals surface area contributed by atoms with E-state index < -0.39 is 14.9 Å². The summed E-state index contributed by atoms with van der Waals surface area (Å²) >= 11 is 1.59. The zero-order chi connectivity index (χ0) is 20.4. The number of rotatable bonds is 5. The van der Waals surface area contributed by atoms with Crippen molar-refractivity contribution in [1.29, 1.82) is 0 Å². The Labute approximate surface area is 173 Å². The van der Waals surface area contributed by atoms with Gasteiger partial charge in [0.2, 0.25) is 10.0 Å². The number of hydrogen-bond donors (Lipinski definition) is 0. The van der Waals surface area contributed by atoms with Gasteiger partial charge in [-0.1, -0.05) is 12.5 Å². The number of thiophene rings is 1. The van der Waals surface area contributed by atoms with Gasteiger partial charge in [0.05, 0.1) is 16.4 Å². The first-order valence-corrected chi connectivity index (χ1v) is 12.0. The molecule has 8 nitrogen and oxygen atoms in total. The van der Waals surface area contributed by atoms with E-state index in [1.807, 2.05) is 22.4 Å². The Morgan fingerprint density at radius 2 is 1.93 bits per heavy atom. The quantitative estimate of drug-likeness (QED) is 0.526. The Hall–Kier alpha value is -2.01. The van der Waals surface area contributed by atoms with Crippen molar-refractivity contribution < 1.29 is 18.1 Å². The minimum Gasteiger partial charge on any atom is -0.369 e. The standard InChI is InChI=1S/C19H23N3O5S2/c23-22(24)17-13-15(29(25,26)21-8-2-1-3-9-21)6-7-16(17)20-10-11-27-18(14-20)19-5-4-12-28-19/h4-7,12-13,18H,1-3,8-11,14H2. The number of nitro benzene ring substituents is 1. The van der Waals surface area contributed by atoms with Crippen LogP contribution >= 0.6 is 11.3 Å². The van der Waals surface area contributed by atoms with Crippen LogP contribution in [-0.4, -0.2) is 50.4 Å². The second-order valence-electron chi connectivity index (χ2n) is 7.19. The molecule has 0 saturated carbocycles. The lowest BCUT2D eigenvalue weighted by molar-refractivity contribution is -0.384. The summed E-state index contributed by atoms with van der Waals surface area (Å²) < 4.78 is 33.1. The molecule has 0 aliphatic carbocycles. The fourth-order valence-electron chi connectivity index (χ4n) is 3.85. The summed E-state index contributed by atoms with van der Waals surface area (Å²) in [4.78, 5) is 14.2. The number of morpholine rings is 1. The first-order valence-electron chi connectivity index (χ1n) is 9.65. The SMILES string of the molecule is O=[N+]([O-])c1cc(S(=O)(=O)N2CCCCC2)ccc1N1CCOC(c2cccs2)C1. The predicted molar refractivity (Wildman–Crippen MR) is 111 cm³/mol. The molecule has 2 fully saturated rings. The van der Waals surface area contributed by atoms with E-state index in [1.165, 1.54) is 16.4 Å². The van der Waals surface area contributed by atoms with E-state index >= 15 is 0 Å². The van der Waals surface area contributed by atoms with E-state index in [1.54, 1.807) is 17.4 Å². The average Bonchev–Trinajstić information content (AvgIpc) is 3.29. The van der Waals surface area contributed by atoms with Crippen LogP contribution in [-0.2, 0) is 14.8 Å². The predicted octanol–water partition coefficient (Wildman–Crippen LogP) is 3.41. The van der Waals surface area contributed by atoms with Crippen molar-refractivity contribution in [2.75, 3.05) is 37.7 Å². The van der Waals surface area contributed by atoms with Gasteiger partial charge in [-0.25, -0.2) is 8.42 Å². The van der Waals surface area contributed by atoms with Crippen LogP contribution in [0, 0.1) is 10.1 Å². The number of hydrogen-bond acceptors (Lipinski definition) is 7. The molecule has 3 heterocycles. The molecule has 1 unspecified atom stereocenters. The molecule has 4 rings (SSSR count). The Morgan fingerprint density at radius 3 is 2.62 bits per heavy atom. The van der Waals surface area contributed by atoms with Gasteiger partial charge in [-0.2, -0.15) is 4.31 Å². The normalized spacial score (nSPS) is 21.2. The highest BCUT2D eigenvalue weighted by Gasteiger charge is 2.31. The van der Waals surface area contributed by atoms with Gasteiger partial charge in [0.25, 0.3) is 5.69 Å². The smallest absolute Gasteiger partial charge is 0.293 e. The third kappa shape index (κ3) is 4.16. The summed E-state index contributed by atoms with van der Waals surface area (Å²) in [6, 6.07) is 8.19. The number of ether oxygens (including phenoxy) is 1. The molecule has 29 heavy (non-hydrogen) atoms. The fraction of sp³-hybridized carbons (Fsp3) is 0.474. The molecule has 2 aliphatic rings. The Bertz CT molecular complexity index is 972. The number of nitro groups is 1. The molecule has 0 bridgehead atoms. The molecule has 2 aliphatic heterocycles. The molecule has 0 N–H and O–H groups in total. The van der Waals surface area contributed by atoms with Crippen LogP contribution in [0.5, 0.6) is 0 Å². The minimum atomic E-state index is -3.72. The molecule has 0 spiro atoms. The van der Waals surface area contributed by atoms with Crippen molar-refractivity contribution in [3.63, 3.8) is 0 Å². The van der Waals surface area contributed by atoms with Crippen molar-refractivity contribution >= 4 is 32.7 Å². The lowest BCUT2D eigenvalue weighted by atomic mass is 10.2. The Balaban J connectivity index is 1.63. The van der Waals surface area contributed by atoms with E-state index in [0.717, 1.165) is 24.1 Å². The molecule has 1 aromatic carbocycles. The van der Waals surface area contributed by atoms with Crippen molar-refractivity contribution in [3.8, 4) is 0 Å². The zero-order valence-corrected chi connectivity index (χ0v) is 17.5. The summed E-state index contributed by atoms with van der Waals surface area (Å²) in [7, 11) is -3.72. The van der Waals surface area contributed by atoms with Crippen molar-refractivity contribution in [2.24, 2.45) is 0 Å². The number of sulfonamides is 1. The van der Waals surface area contributed by atoms with Gasteiger partial charge >= 0.3 is 0 Å². The maximum Gasteiger partial charge on any atom is 0.293 e. The average molecular weight is 438 g/mol. The molecule has 2 saturated heterocycles. The number of anilines is 1. The van der Waals surface area contributed by atoms with E-state index in [-0.39, 0.29) is 16.7 Å². The summed E-state index contributed by atoms with van der Waals surface area (Å²) in [5, 5.41) is 13.7. The molecular formula is C19H23N3O5S2. The second-order valence-corrected chi connectivity index (χ2v) is 10.1. The van der Waals surface area contributed by atoms with Crippen LogP contribution in [0.2, 0.25) is 0 Å². The monoisotopic (exact) mass is 437 g/mol. The molecular weight excluding hydrogens is 414 g/mol. The molecule has 156 valence electrons. The summed E-state index contributed by atoms with van der Waals surface area (Å²) in [6.07, 6.45) is 2.49. The first kappa shape index (κ1) is 20.3. The fourth-order valence-corrected chi connectivity index (χ4v) is 6.15. The molecule has 1 aromatic heterocycles. The van der Waals surface area contributed by atoms with Crippen LogP contribution in [0.15, 0.2) is 40.6 Å². The van der Waals surface area contributed by atoms with Crippen LogP contribution in [0.3, 0.4) is 0 Å². The highest BCUT2D eigenvalue weighted by Crippen LogP contribution is 2.36. The topological polar surface area (TPSA) is 93.0 Å². The van der Waals surface area contributed by atoms with Crippen molar-refractivity contribution in [3.05, 3.63) is 50.7 Å². The number of benzene rings is 1. The summed E-state index contributed by atoms with van der Waals surface area (Å²) in [5.74, 6) is 0. The van der Waals surface area contributed by atoms with Crippen LogP contribution < -0.4 is 4.90 Å². The third-order valence-corrected chi connectivity index (χ3v) is 8.22. The molecule has 10 heteroatoms. The lowest BCUT2D eigenvalue weighted by Crippen LogP contribution is -2.38.